The molecule has 0 saturated carbocycles. The zero-order chi connectivity index (χ0) is 17.5. The molecule has 0 unspecified atom stereocenters. The molecule has 3 N–H and O–H groups in total. The van der Waals surface area contributed by atoms with Gasteiger partial charge in [-0.3, -0.25) is 9.59 Å². The van der Waals surface area contributed by atoms with Gasteiger partial charge in [-0.15, -0.1) is 0 Å². The number of carbonyl (C=O) groups is 2. The van der Waals surface area contributed by atoms with E-state index in [4.69, 9.17) is 5.11 Å². The Labute approximate surface area is 134 Å². The largest absolute Gasteiger partial charge is 0.477 e. The van der Waals surface area contributed by atoms with Gasteiger partial charge in [-0.1, -0.05) is 30.3 Å². The fraction of sp³-hybridized carbons (Fsp3) is 0.235. The zero-order valence-corrected chi connectivity index (χ0v) is 13.3. The van der Waals surface area contributed by atoms with E-state index in [1.165, 1.54) is 5.56 Å². The Morgan fingerprint density at radius 2 is 1.83 bits per heavy atom. The first-order valence-corrected chi connectivity index (χ1v) is 6.97. The van der Waals surface area contributed by atoms with E-state index in [1.54, 1.807) is 0 Å². The third-order valence-corrected chi connectivity index (χ3v) is 3.34. The van der Waals surface area contributed by atoms with Crippen LogP contribution in [0.3, 0.4) is 0 Å². The van der Waals surface area contributed by atoms with E-state index in [2.05, 4.69) is 48.4 Å². The summed E-state index contributed by atoms with van der Waals surface area (Å²) in [6, 6.07) is 12.4. The first kappa shape index (κ1) is 18.3. The number of rotatable bonds is 4. The van der Waals surface area contributed by atoms with E-state index < -0.39 is 11.4 Å². The maximum atomic E-state index is 10.7. The van der Waals surface area contributed by atoms with Crippen molar-refractivity contribution in [1.82, 2.24) is 10.3 Å². The van der Waals surface area contributed by atoms with Gasteiger partial charge >= 0.3 is 5.97 Å². The quantitative estimate of drug-likeness (QED) is 0.750. The molecule has 23 heavy (non-hydrogen) atoms. The van der Waals surface area contributed by atoms with Crippen LogP contribution in [0.15, 0.2) is 47.3 Å². The minimum Gasteiger partial charge on any atom is -0.477 e. The number of pyridine rings is 1. The summed E-state index contributed by atoms with van der Waals surface area (Å²) in [5.41, 5.74) is 0.571. The number of aromatic carboxylic acids is 1. The lowest BCUT2D eigenvalue weighted by atomic mass is 9.95. The molecule has 2 rings (SSSR count). The predicted octanol–water partition coefficient (Wildman–Crippen LogP) is 2.03. The molecule has 0 bridgehead atoms. The third-order valence-electron chi connectivity index (χ3n) is 3.34. The molecule has 0 aliphatic carbocycles. The van der Waals surface area contributed by atoms with Crippen molar-refractivity contribution in [2.24, 2.45) is 0 Å². The smallest absolute Gasteiger partial charge is 0.352 e. The van der Waals surface area contributed by atoms with Crippen LogP contribution in [0, 0.1) is 0 Å². The molecule has 0 radical (unpaired) electrons. The van der Waals surface area contributed by atoms with Crippen molar-refractivity contribution in [3.63, 3.8) is 0 Å². The summed E-state index contributed by atoms with van der Waals surface area (Å²) in [7, 11) is 1.98. The summed E-state index contributed by atoms with van der Waals surface area (Å²) in [6.07, 6.45) is 0.383. The van der Waals surface area contributed by atoms with Gasteiger partial charge < -0.3 is 15.4 Å². The highest BCUT2D eigenvalue weighted by atomic mass is 16.4. The second kappa shape index (κ2) is 8.05. The van der Waals surface area contributed by atoms with Gasteiger partial charge in [0, 0.05) is 17.7 Å². The van der Waals surface area contributed by atoms with Crippen LogP contribution in [-0.2, 0) is 5.54 Å². The summed E-state index contributed by atoms with van der Waals surface area (Å²) >= 11 is 0. The number of aldehydes is 1. The summed E-state index contributed by atoms with van der Waals surface area (Å²) in [5, 5.41) is 11.7. The van der Waals surface area contributed by atoms with Crippen molar-refractivity contribution in [2.75, 3.05) is 7.05 Å². The van der Waals surface area contributed by atoms with Crippen LogP contribution in [-0.4, -0.2) is 29.4 Å². The molecular formula is C17H20N2O4. The van der Waals surface area contributed by atoms with E-state index in [1.807, 2.05) is 13.1 Å². The molecule has 1 aromatic heterocycles. The van der Waals surface area contributed by atoms with Gasteiger partial charge in [-0.2, -0.15) is 0 Å². The van der Waals surface area contributed by atoms with Gasteiger partial charge in [0.05, 0.1) is 5.69 Å². The maximum absolute atomic E-state index is 10.7. The van der Waals surface area contributed by atoms with Gasteiger partial charge in [0.25, 0.3) is 0 Å². The molecule has 6 heteroatoms. The molecule has 1 aromatic carbocycles. The average molecular weight is 316 g/mol. The summed E-state index contributed by atoms with van der Waals surface area (Å²) in [5.74, 6) is -1.27. The Bertz CT molecular complexity index is 721. The standard InChI is InChI=1S/C10H15N.C7H5NO4/c1-10(2,11-3)9-7-5-4-6-8-9;9-3-4-1-5(10)2-6(8-4)7(11)12/h4-8,11H,1-3H3;1-3H,(H,8,10)(H,11,12). The Balaban J connectivity index is 0.000000231. The molecular weight excluding hydrogens is 296 g/mol. The van der Waals surface area contributed by atoms with E-state index >= 15 is 0 Å². The highest BCUT2D eigenvalue weighted by Crippen LogP contribution is 2.17. The number of carboxylic acids is 1. The number of hydrogen-bond donors (Lipinski definition) is 3. The van der Waals surface area contributed by atoms with Crippen LogP contribution in [0.4, 0.5) is 0 Å². The van der Waals surface area contributed by atoms with Crippen molar-refractivity contribution in [3.05, 3.63) is 69.6 Å². The first-order valence-electron chi connectivity index (χ1n) is 6.97. The van der Waals surface area contributed by atoms with Gasteiger partial charge in [0.15, 0.2) is 11.7 Å². The number of hydrogen-bond acceptors (Lipinski definition) is 4. The molecule has 6 nitrogen and oxygen atoms in total. The molecule has 0 aliphatic heterocycles. The lowest BCUT2D eigenvalue weighted by Gasteiger charge is -2.24. The molecule has 0 spiro atoms. The highest BCUT2D eigenvalue weighted by Gasteiger charge is 2.15. The minimum absolute atomic E-state index is 0.0418. The van der Waals surface area contributed by atoms with Crippen LogP contribution in [0.5, 0.6) is 0 Å². The number of H-pyrrole nitrogens is 1. The van der Waals surface area contributed by atoms with Gasteiger partial charge in [0.2, 0.25) is 0 Å². The van der Waals surface area contributed by atoms with Crippen LogP contribution in [0.2, 0.25) is 0 Å². The molecule has 0 fully saturated rings. The number of nitrogens with one attached hydrogen (secondary N) is 2. The van der Waals surface area contributed by atoms with E-state index in [0.717, 1.165) is 12.1 Å². The van der Waals surface area contributed by atoms with Crippen LogP contribution < -0.4 is 10.7 Å². The van der Waals surface area contributed by atoms with Crippen molar-refractivity contribution >= 4 is 12.3 Å². The number of aromatic nitrogens is 1. The topological polar surface area (TPSA) is 99.3 Å². The van der Waals surface area contributed by atoms with Crippen LogP contribution in [0.1, 0.15) is 40.4 Å². The molecule has 0 amide bonds. The van der Waals surface area contributed by atoms with Crippen LogP contribution in [0.25, 0.3) is 0 Å². The highest BCUT2D eigenvalue weighted by molar-refractivity contribution is 5.86. The molecule has 0 saturated heterocycles. The number of carbonyl (C=O) groups excluding carboxylic acids is 1. The van der Waals surface area contributed by atoms with Crippen molar-refractivity contribution in [3.8, 4) is 0 Å². The fourth-order valence-electron chi connectivity index (χ4n) is 1.74. The SMILES string of the molecule is CNC(C)(C)c1ccccc1.O=Cc1cc(=O)cc(C(=O)O)[nH]1. The minimum atomic E-state index is -1.27. The number of aromatic amines is 1. The van der Waals surface area contributed by atoms with Gasteiger partial charge in [-0.05, 0) is 26.5 Å². The lowest BCUT2D eigenvalue weighted by Crippen LogP contribution is -2.32. The first-order chi connectivity index (χ1) is 10.8. The van der Waals surface area contributed by atoms with E-state index in [9.17, 15) is 14.4 Å². The molecule has 0 atom stereocenters. The van der Waals surface area contributed by atoms with Gasteiger partial charge in [0.1, 0.15) is 5.69 Å². The van der Waals surface area contributed by atoms with E-state index in [0.29, 0.717) is 6.29 Å². The monoisotopic (exact) mass is 316 g/mol. The Hall–Kier alpha value is -2.73. The number of carboxylic acid groups (broad SMARTS) is 1. The Kier molecular flexibility index (Phi) is 6.41. The van der Waals surface area contributed by atoms with Crippen LogP contribution >= 0.6 is 0 Å². The predicted molar refractivity (Wildman–Crippen MR) is 87.9 cm³/mol. The summed E-state index contributed by atoms with van der Waals surface area (Å²) in [6.45, 7) is 4.34. The van der Waals surface area contributed by atoms with Crippen molar-refractivity contribution in [1.29, 1.82) is 0 Å². The second-order valence-corrected chi connectivity index (χ2v) is 5.35. The molecule has 0 aliphatic rings. The van der Waals surface area contributed by atoms with Gasteiger partial charge in [-0.25, -0.2) is 4.79 Å². The van der Waals surface area contributed by atoms with Crippen molar-refractivity contribution in [2.45, 2.75) is 19.4 Å². The summed E-state index contributed by atoms with van der Waals surface area (Å²) in [4.78, 5) is 33.5. The second-order valence-electron chi connectivity index (χ2n) is 5.35. The fourth-order valence-corrected chi connectivity index (χ4v) is 1.74. The third kappa shape index (κ3) is 5.52. The molecule has 122 valence electrons. The molecule has 2 aromatic rings. The normalized spacial score (nSPS) is 10.4. The van der Waals surface area contributed by atoms with E-state index in [-0.39, 0.29) is 16.9 Å². The Morgan fingerprint density at radius 1 is 1.22 bits per heavy atom. The number of benzene rings is 1. The summed E-state index contributed by atoms with van der Waals surface area (Å²) < 4.78 is 0. The zero-order valence-electron chi connectivity index (χ0n) is 13.3. The Morgan fingerprint density at radius 3 is 2.30 bits per heavy atom. The lowest BCUT2D eigenvalue weighted by molar-refractivity contribution is 0.0690. The average Bonchev–Trinajstić information content (AvgIpc) is 2.55. The van der Waals surface area contributed by atoms with Crippen molar-refractivity contribution < 1.29 is 14.7 Å². The maximum Gasteiger partial charge on any atom is 0.352 e. The molecule has 1 heterocycles.